The maximum Gasteiger partial charge on any atom is 0.257 e. The highest BCUT2D eigenvalue weighted by Crippen LogP contribution is 2.12. The average molecular weight is 256 g/mol. The van der Waals surface area contributed by atoms with Crippen molar-refractivity contribution in [1.29, 1.82) is 0 Å². The zero-order valence-electron chi connectivity index (χ0n) is 9.95. The summed E-state index contributed by atoms with van der Waals surface area (Å²) in [7, 11) is 0. The number of carbonyl (C=O) groups excluding carboxylic acids is 1. The summed E-state index contributed by atoms with van der Waals surface area (Å²) < 4.78 is 0. The number of carbonyl (C=O) groups is 1. The number of oxime groups is 1. The van der Waals surface area contributed by atoms with E-state index in [4.69, 9.17) is 10.9 Å². The zero-order chi connectivity index (χ0) is 13.7. The van der Waals surface area contributed by atoms with E-state index in [1.54, 1.807) is 42.6 Å². The van der Waals surface area contributed by atoms with Crippen LogP contribution in [0.15, 0.2) is 53.9 Å². The molecule has 0 fully saturated rings. The van der Waals surface area contributed by atoms with Gasteiger partial charge in [-0.3, -0.25) is 9.78 Å². The van der Waals surface area contributed by atoms with E-state index in [0.717, 1.165) is 0 Å². The van der Waals surface area contributed by atoms with Gasteiger partial charge in [-0.1, -0.05) is 17.3 Å². The lowest BCUT2D eigenvalue weighted by Crippen LogP contribution is -2.15. The molecule has 1 aromatic carbocycles. The van der Waals surface area contributed by atoms with E-state index in [9.17, 15) is 4.79 Å². The maximum absolute atomic E-state index is 11.9. The van der Waals surface area contributed by atoms with Gasteiger partial charge in [0, 0.05) is 23.6 Å². The summed E-state index contributed by atoms with van der Waals surface area (Å²) in [6, 6.07) is 10.0. The van der Waals surface area contributed by atoms with Crippen molar-refractivity contribution in [3.05, 3.63) is 59.9 Å². The molecule has 0 aliphatic rings. The molecule has 0 unspecified atom stereocenters. The fraction of sp³-hybridized carbons (Fsp3) is 0. The van der Waals surface area contributed by atoms with Gasteiger partial charge in [0.1, 0.15) is 0 Å². The van der Waals surface area contributed by atoms with Crippen LogP contribution in [-0.2, 0) is 0 Å². The van der Waals surface area contributed by atoms with E-state index >= 15 is 0 Å². The number of nitrogens with one attached hydrogen (secondary N) is 1. The molecule has 1 amide bonds. The quantitative estimate of drug-likeness (QED) is 0.334. The topological polar surface area (TPSA) is 101 Å². The smallest absolute Gasteiger partial charge is 0.257 e. The molecule has 2 rings (SSSR count). The maximum atomic E-state index is 11.9. The van der Waals surface area contributed by atoms with E-state index < -0.39 is 0 Å². The zero-order valence-corrected chi connectivity index (χ0v) is 9.95. The molecule has 0 saturated carbocycles. The van der Waals surface area contributed by atoms with Crippen LogP contribution in [0.3, 0.4) is 0 Å². The number of benzene rings is 1. The number of nitrogens with two attached hydrogens (primary N) is 1. The first-order valence-electron chi connectivity index (χ1n) is 5.50. The number of nitrogens with zero attached hydrogens (tertiary/aromatic N) is 2. The summed E-state index contributed by atoms with van der Waals surface area (Å²) in [6.45, 7) is 0. The van der Waals surface area contributed by atoms with Gasteiger partial charge >= 0.3 is 0 Å². The Balaban J connectivity index is 2.18. The lowest BCUT2D eigenvalue weighted by atomic mass is 10.2. The Hall–Kier alpha value is -2.89. The Labute approximate surface area is 109 Å². The first kappa shape index (κ1) is 12.6. The number of hydrogen-bond acceptors (Lipinski definition) is 4. The number of anilines is 1. The molecule has 2 aromatic rings. The van der Waals surface area contributed by atoms with Gasteiger partial charge in [0.25, 0.3) is 5.91 Å². The highest BCUT2D eigenvalue weighted by atomic mass is 16.4. The molecule has 6 heteroatoms. The first-order chi connectivity index (χ1) is 9.20. The Kier molecular flexibility index (Phi) is 3.72. The summed E-state index contributed by atoms with van der Waals surface area (Å²) in [5.41, 5.74) is 7.01. The summed E-state index contributed by atoms with van der Waals surface area (Å²) in [4.78, 5) is 15.8. The average Bonchev–Trinajstić information content (AvgIpc) is 2.47. The lowest BCUT2D eigenvalue weighted by molar-refractivity contribution is 0.102. The molecule has 96 valence electrons. The number of aromatic nitrogens is 1. The van der Waals surface area contributed by atoms with Crippen molar-refractivity contribution in [3.63, 3.8) is 0 Å². The molecule has 19 heavy (non-hydrogen) atoms. The van der Waals surface area contributed by atoms with E-state index in [-0.39, 0.29) is 11.7 Å². The fourth-order valence-corrected chi connectivity index (χ4v) is 1.51. The van der Waals surface area contributed by atoms with Crippen molar-refractivity contribution in [2.75, 3.05) is 5.32 Å². The predicted molar refractivity (Wildman–Crippen MR) is 71.1 cm³/mol. The third-order valence-electron chi connectivity index (χ3n) is 2.45. The van der Waals surface area contributed by atoms with Crippen LogP contribution in [0.25, 0.3) is 0 Å². The number of amides is 1. The van der Waals surface area contributed by atoms with Gasteiger partial charge in [-0.15, -0.1) is 0 Å². The molecule has 0 spiro atoms. The Bertz CT molecular complexity index is 611. The van der Waals surface area contributed by atoms with Crippen LogP contribution in [0.2, 0.25) is 0 Å². The van der Waals surface area contributed by atoms with Gasteiger partial charge in [-0.05, 0) is 24.3 Å². The molecule has 0 saturated heterocycles. The number of hydrogen-bond donors (Lipinski definition) is 3. The van der Waals surface area contributed by atoms with Crippen molar-refractivity contribution in [1.82, 2.24) is 4.98 Å². The van der Waals surface area contributed by atoms with Crippen LogP contribution in [0.4, 0.5) is 5.69 Å². The second kappa shape index (κ2) is 5.63. The molecular formula is C13H12N4O2. The van der Waals surface area contributed by atoms with Crippen LogP contribution in [0.5, 0.6) is 0 Å². The highest BCUT2D eigenvalue weighted by Gasteiger charge is 2.07. The minimum Gasteiger partial charge on any atom is -0.409 e. The van der Waals surface area contributed by atoms with E-state index in [0.29, 0.717) is 16.8 Å². The molecule has 4 N–H and O–H groups in total. The fourth-order valence-electron chi connectivity index (χ4n) is 1.51. The molecule has 0 bridgehead atoms. The predicted octanol–water partition coefficient (Wildman–Crippen LogP) is 1.43. The summed E-state index contributed by atoms with van der Waals surface area (Å²) in [5.74, 6) is -0.290. The number of amidine groups is 1. The normalized spacial score (nSPS) is 11.1. The Morgan fingerprint density at radius 3 is 2.74 bits per heavy atom. The van der Waals surface area contributed by atoms with Crippen LogP contribution >= 0.6 is 0 Å². The summed E-state index contributed by atoms with van der Waals surface area (Å²) in [5, 5.41) is 14.2. The minimum absolute atomic E-state index is 0.0162. The highest BCUT2D eigenvalue weighted by molar-refractivity contribution is 6.05. The van der Waals surface area contributed by atoms with E-state index in [2.05, 4.69) is 15.5 Å². The van der Waals surface area contributed by atoms with Crippen LogP contribution in [0.1, 0.15) is 15.9 Å². The molecule has 0 radical (unpaired) electrons. The Morgan fingerprint density at radius 1 is 1.26 bits per heavy atom. The molecule has 0 atom stereocenters. The molecule has 1 aromatic heterocycles. The van der Waals surface area contributed by atoms with Crippen LogP contribution < -0.4 is 11.1 Å². The van der Waals surface area contributed by atoms with Gasteiger partial charge in [-0.2, -0.15) is 0 Å². The van der Waals surface area contributed by atoms with Gasteiger partial charge in [0.15, 0.2) is 5.84 Å². The third-order valence-corrected chi connectivity index (χ3v) is 2.45. The van der Waals surface area contributed by atoms with Gasteiger partial charge in [0.2, 0.25) is 0 Å². The number of rotatable bonds is 3. The SMILES string of the molecule is N/C(=N/O)c1cccc(NC(=O)c2cccnc2)c1. The molecule has 0 aliphatic heterocycles. The van der Waals surface area contributed by atoms with Crippen LogP contribution in [0, 0.1) is 0 Å². The number of pyridine rings is 1. The molecule has 6 nitrogen and oxygen atoms in total. The summed E-state index contributed by atoms with van der Waals surface area (Å²) in [6.07, 6.45) is 3.07. The van der Waals surface area contributed by atoms with Crippen molar-refractivity contribution in [2.45, 2.75) is 0 Å². The second-order valence-corrected chi connectivity index (χ2v) is 3.76. The largest absolute Gasteiger partial charge is 0.409 e. The summed E-state index contributed by atoms with van der Waals surface area (Å²) >= 11 is 0. The van der Waals surface area contributed by atoms with Gasteiger partial charge in [0.05, 0.1) is 5.56 Å². The van der Waals surface area contributed by atoms with E-state index in [1.165, 1.54) is 6.20 Å². The van der Waals surface area contributed by atoms with Crippen molar-refractivity contribution in [2.24, 2.45) is 10.9 Å². The van der Waals surface area contributed by atoms with Crippen molar-refractivity contribution < 1.29 is 10.0 Å². The van der Waals surface area contributed by atoms with Gasteiger partial charge in [-0.25, -0.2) is 0 Å². The minimum atomic E-state index is -0.273. The molecular weight excluding hydrogens is 244 g/mol. The first-order valence-corrected chi connectivity index (χ1v) is 5.50. The van der Waals surface area contributed by atoms with Crippen molar-refractivity contribution >= 4 is 17.4 Å². The molecule has 0 aliphatic carbocycles. The van der Waals surface area contributed by atoms with Crippen molar-refractivity contribution in [3.8, 4) is 0 Å². The molecule has 1 heterocycles. The van der Waals surface area contributed by atoms with Gasteiger partial charge < -0.3 is 16.3 Å². The monoisotopic (exact) mass is 256 g/mol. The Morgan fingerprint density at radius 2 is 2.05 bits per heavy atom. The second-order valence-electron chi connectivity index (χ2n) is 3.76. The van der Waals surface area contributed by atoms with Crippen LogP contribution in [-0.4, -0.2) is 21.9 Å². The third kappa shape index (κ3) is 3.06. The lowest BCUT2D eigenvalue weighted by Gasteiger charge is -2.06. The standard InChI is InChI=1S/C13H12N4O2/c14-12(17-19)9-3-1-5-11(7-9)16-13(18)10-4-2-6-15-8-10/h1-8,19H,(H2,14,17)(H,16,18). The van der Waals surface area contributed by atoms with E-state index in [1.807, 2.05) is 0 Å².